The number of carboxylic acid groups (broad SMARTS) is 1. The van der Waals surface area contributed by atoms with Crippen LogP contribution in [0.5, 0.6) is 5.75 Å². The number of ether oxygens (including phenoxy) is 2. The molecule has 3 rings (SSSR count). The number of piperazine rings is 1. The Hall–Kier alpha value is -2.32. The third-order valence-electron chi connectivity index (χ3n) is 5.62. The number of carbonyl (C=O) groups excluding carboxylic acids is 1. The lowest BCUT2D eigenvalue weighted by Crippen LogP contribution is -2.54. The second kappa shape index (κ2) is 13.8. The van der Waals surface area contributed by atoms with Crippen molar-refractivity contribution in [1.82, 2.24) is 15.1 Å². The Morgan fingerprint density at radius 3 is 2.33 bits per heavy atom. The van der Waals surface area contributed by atoms with Gasteiger partial charge in [0.05, 0.1) is 6.61 Å². The molecule has 0 unspecified atom stereocenters. The van der Waals surface area contributed by atoms with Gasteiger partial charge in [0.25, 0.3) is 6.47 Å². The molecule has 1 aromatic carbocycles. The first kappa shape index (κ1) is 24.0. The lowest BCUT2D eigenvalue weighted by atomic mass is 9.94. The van der Waals surface area contributed by atoms with Gasteiger partial charge < -0.3 is 24.8 Å². The highest BCUT2D eigenvalue weighted by Gasteiger charge is 2.26. The van der Waals surface area contributed by atoms with E-state index in [-0.39, 0.29) is 12.5 Å². The van der Waals surface area contributed by atoms with Crippen LogP contribution in [0.3, 0.4) is 0 Å². The predicted octanol–water partition coefficient (Wildman–Crippen LogP) is 2.57. The Morgan fingerprint density at radius 2 is 1.73 bits per heavy atom. The second-order valence-corrected chi connectivity index (χ2v) is 7.56. The number of urea groups is 1. The van der Waals surface area contributed by atoms with Crippen LogP contribution in [0.15, 0.2) is 24.3 Å². The number of carbonyl (C=O) groups is 2. The summed E-state index contributed by atoms with van der Waals surface area (Å²) in [6.45, 7) is 5.08. The molecule has 2 aliphatic rings. The smallest absolute Gasteiger partial charge is 0.317 e. The van der Waals surface area contributed by atoms with Crippen LogP contribution < -0.4 is 10.1 Å². The highest BCUT2D eigenvalue weighted by molar-refractivity contribution is 5.74. The van der Waals surface area contributed by atoms with Gasteiger partial charge in [-0.3, -0.25) is 9.69 Å². The minimum atomic E-state index is -0.250. The van der Waals surface area contributed by atoms with Crippen LogP contribution in [-0.2, 0) is 16.1 Å². The molecule has 0 bridgehead atoms. The first-order valence-corrected chi connectivity index (χ1v) is 10.7. The van der Waals surface area contributed by atoms with E-state index in [4.69, 9.17) is 19.4 Å². The van der Waals surface area contributed by atoms with Crippen molar-refractivity contribution in [1.29, 1.82) is 0 Å². The van der Waals surface area contributed by atoms with Crippen molar-refractivity contribution in [2.24, 2.45) is 0 Å². The van der Waals surface area contributed by atoms with E-state index in [1.807, 2.05) is 29.2 Å². The number of hydrogen-bond acceptors (Lipinski definition) is 5. The second-order valence-electron chi connectivity index (χ2n) is 7.56. The van der Waals surface area contributed by atoms with Crippen molar-refractivity contribution in [2.75, 3.05) is 46.5 Å². The van der Waals surface area contributed by atoms with Crippen LogP contribution in [0.25, 0.3) is 0 Å². The van der Waals surface area contributed by atoms with Crippen molar-refractivity contribution < 1.29 is 24.2 Å². The van der Waals surface area contributed by atoms with E-state index in [1.165, 1.54) is 32.1 Å². The maximum Gasteiger partial charge on any atom is 0.317 e. The normalized spacial score (nSPS) is 17.6. The number of methoxy groups -OCH3 is 1. The SMILES string of the molecule is COCCOc1ccc(CNC(=O)N2CCN(C3CCCCC3)CC2)cc1.O=CO. The summed E-state index contributed by atoms with van der Waals surface area (Å²) in [7, 11) is 1.66. The number of benzene rings is 1. The third-order valence-corrected chi connectivity index (χ3v) is 5.62. The van der Waals surface area contributed by atoms with Crippen LogP contribution in [0.4, 0.5) is 4.79 Å². The maximum absolute atomic E-state index is 12.5. The Labute approximate surface area is 179 Å². The Kier molecular flexibility index (Phi) is 11.0. The van der Waals surface area contributed by atoms with E-state index in [9.17, 15) is 4.79 Å². The number of hydrogen-bond donors (Lipinski definition) is 2. The van der Waals surface area contributed by atoms with E-state index in [0.29, 0.717) is 19.8 Å². The van der Waals surface area contributed by atoms with Crippen LogP contribution in [-0.4, -0.2) is 80.0 Å². The molecule has 0 atom stereocenters. The van der Waals surface area contributed by atoms with Gasteiger partial charge in [-0.2, -0.15) is 0 Å². The zero-order valence-corrected chi connectivity index (χ0v) is 17.9. The molecule has 1 saturated carbocycles. The van der Waals surface area contributed by atoms with Crippen molar-refractivity contribution in [3.05, 3.63) is 29.8 Å². The average molecular weight is 422 g/mol. The zero-order valence-electron chi connectivity index (χ0n) is 17.9. The monoisotopic (exact) mass is 421 g/mol. The van der Waals surface area contributed by atoms with E-state index in [2.05, 4.69) is 10.2 Å². The molecular weight excluding hydrogens is 386 g/mol. The summed E-state index contributed by atoms with van der Waals surface area (Å²) in [5.74, 6) is 0.820. The molecule has 1 aliphatic carbocycles. The number of rotatable bonds is 7. The minimum Gasteiger partial charge on any atom is -0.491 e. The van der Waals surface area contributed by atoms with Gasteiger partial charge in [-0.1, -0.05) is 31.4 Å². The van der Waals surface area contributed by atoms with Gasteiger partial charge in [0.1, 0.15) is 12.4 Å². The van der Waals surface area contributed by atoms with Crippen molar-refractivity contribution in [3.63, 3.8) is 0 Å². The van der Waals surface area contributed by atoms with Gasteiger partial charge in [0.15, 0.2) is 0 Å². The summed E-state index contributed by atoms with van der Waals surface area (Å²) in [5.41, 5.74) is 1.07. The van der Waals surface area contributed by atoms with E-state index < -0.39 is 0 Å². The van der Waals surface area contributed by atoms with Crippen LogP contribution >= 0.6 is 0 Å². The molecule has 1 aromatic rings. The third kappa shape index (κ3) is 8.20. The molecule has 0 aromatic heterocycles. The van der Waals surface area contributed by atoms with Gasteiger partial charge in [-0.05, 0) is 30.5 Å². The molecule has 8 heteroatoms. The lowest BCUT2D eigenvalue weighted by Gasteiger charge is -2.40. The largest absolute Gasteiger partial charge is 0.491 e. The molecule has 2 fully saturated rings. The molecular formula is C22H35N3O5. The van der Waals surface area contributed by atoms with E-state index in [1.54, 1.807) is 7.11 Å². The molecule has 168 valence electrons. The van der Waals surface area contributed by atoms with Gasteiger partial charge >= 0.3 is 6.03 Å². The Morgan fingerprint density at radius 1 is 1.10 bits per heavy atom. The molecule has 8 nitrogen and oxygen atoms in total. The number of amides is 2. The lowest BCUT2D eigenvalue weighted by molar-refractivity contribution is -0.122. The number of nitrogens with zero attached hydrogens (tertiary/aromatic N) is 2. The van der Waals surface area contributed by atoms with Gasteiger partial charge in [0, 0.05) is 45.9 Å². The van der Waals surface area contributed by atoms with Gasteiger partial charge in [-0.25, -0.2) is 4.79 Å². The van der Waals surface area contributed by atoms with Crippen molar-refractivity contribution in [2.45, 2.75) is 44.7 Å². The zero-order chi connectivity index (χ0) is 21.6. The fourth-order valence-electron chi connectivity index (χ4n) is 3.97. The van der Waals surface area contributed by atoms with Gasteiger partial charge in [-0.15, -0.1) is 0 Å². The molecule has 2 N–H and O–H groups in total. The van der Waals surface area contributed by atoms with Crippen molar-refractivity contribution in [3.8, 4) is 5.75 Å². The molecule has 2 amide bonds. The highest BCUT2D eigenvalue weighted by atomic mass is 16.5. The van der Waals surface area contributed by atoms with Gasteiger partial charge in [0.2, 0.25) is 0 Å². The molecule has 1 heterocycles. The van der Waals surface area contributed by atoms with E-state index in [0.717, 1.165) is 43.5 Å². The Bertz CT molecular complexity index is 612. The maximum atomic E-state index is 12.5. The topological polar surface area (TPSA) is 91.3 Å². The molecule has 1 aliphatic heterocycles. The summed E-state index contributed by atoms with van der Waals surface area (Å²) >= 11 is 0. The molecule has 0 spiro atoms. The minimum absolute atomic E-state index is 0.0405. The first-order chi connectivity index (χ1) is 14.7. The van der Waals surface area contributed by atoms with Crippen molar-refractivity contribution >= 4 is 12.5 Å². The standard InChI is InChI=1S/C21H33N3O3.CH2O2/c1-26-15-16-27-20-9-7-18(8-10-20)17-22-21(25)24-13-11-23(12-14-24)19-5-3-2-4-6-19;2-1-3/h7-10,19H,2-6,11-17H2,1H3,(H,22,25);1H,(H,2,3). The summed E-state index contributed by atoms with van der Waals surface area (Å²) in [6, 6.07) is 8.62. The summed E-state index contributed by atoms with van der Waals surface area (Å²) in [6.07, 6.45) is 6.77. The Balaban J connectivity index is 0.00000101. The molecule has 30 heavy (non-hydrogen) atoms. The van der Waals surface area contributed by atoms with Crippen LogP contribution in [0, 0.1) is 0 Å². The van der Waals surface area contributed by atoms with Crippen LogP contribution in [0.2, 0.25) is 0 Å². The highest BCUT2D eigenvalue weighted by Crippen LogP contribution is 2.23. The predicted molar refractivity (Wildman–Crippen MR) is 115 cm³/mol. The summed E-state index contributed by atoms with van der Waals surface area (Å²) in [5, 5.41) is 9.93. The fraction of sp³-hybridized carbons (Fsp3) is 0.636. The number of nitrogens with one attached hydrogen (secondary N) is 1. The molecule has 1 saturated heterocycles. The summed E-state index contributed by atoms with van der Waals surface area (Å²) < 4.78 is 10.5. The summed E-state index contributed by atoms with van der Waals surface area (Å²) in [4.78, 5) is 25.3. The quantitative estimate of drug-likeness (QED) is 0.519. The average Bonchev–Trinajstić information content (AvgIpc) is 2.80. The first-order valence-electron chi connectivity index (χ1n) is 10.7. The van der Waals surface area contributed by atoms with Crippen LogP contribution in [0.1, 0.15) is 37.7 Å². The fourth-order valence-corrected chi connectivity index (χ4v) is 3.97. The van der Waals surface area contributed by atoms with E-state index >= 15 is 0 Å². The molecule has 0 radical (unpaired) electrons.